The van der Waals surface area contributed by atoms with E-state index in [0.29, 0.717) is 12.1 Å². The number of hydrogen-bond acceptors (Lipinski definition) is 0. The summed E-state index contributed by atoms with van der Waals surface area (Å²) < 4.78 is 6.21. The van der Waals surface area contributed by atoms with Crippen LogP contribution in [0.3, 0.4) is 0 Å². The van der Waals surface area contributed by atoms with E-state index in [0.717, 1.165) is 0 Å². The van der Waals surface area contributed by atoms with Crippen molar-refractivity contribution in [2.24, 2.45) is 0 Å². The molecule has 2 aromatic rings. The van der Waals surface area contributed by atoms with E-state index in [4.69, 9.17) is 0 Å². The average molecular weight is 597 g/mol. The summed E-state index contributed by atoms with van der Waals surface area (Å²) in [6.07, 6.45) is 21.1. The summed E-state index contributed by atoms with van der Waals surface area (Å²) in [5.74, 6) is 2.89. The first-order valence-corrected chi connectivity index (χ1v) is 19.0. The molecule has 0 amide bonds. The van der Waals surface area contributed by atoms with E-state index in [2.05, 4.69) is 108 Å². The van der Waals surface area contributed by atoms with Crippen molar-refractivity contribution in [2.75, 3.05) is 0 Å². The monoisotopic (exact) mass is 597 g/mol. The van der Waals surface area contributed by atoms with E-state index >= 15 is 0 Å². The molecule has 240 valence electrons. The molecule has 1 aliphatic heterocycles. The lowest BCUT2D eigenvalue weighted by Gasteiger charge is -2.73. The number of amidine groups is 2. The summed E-state index contributed by atoms with van der Waals surface area (Å²) in [6, 6.07) is 24.1. The Balaban J connectivity index is 1.83. The standard InChI is InChI=1S/C38H62B2N4/c1-5-29-39(30-6-2)43(37(33-21-13-9-14-22-33)41-35-25-17-11-18-26-35)40(31-7-3,32-8-4)44(39)38(34-23-15-10-16-24-34)42-36-27-19-12-20-28-36/h9-10,13-16,21-24,35-36,41-42H,5-8,11-12,17-20,25-32H2,1-4H3. The van der Waals surface area contributed by atoms with Crippen LogP contribution in [0.25, 0.3) is 0 Å². The minimum atomic E-state index is -1.01. The summed E-state index contributed by atoms with van der Waals surface area (Å²) in [7, 11) is 0. The van der Waals surface area contributed by atoms with Crippen molar-refractivity contribution in [3.8, 4) is 0 Å². The number of benzene rings is 2. The molecule has 6 heteroatoms. The second kappa shape index (κ2) is 15.7. The van der Waals surface area contributed by atoms with Gasteiger partial charge in [0.1, 0.15) is 0 Å². The lowest BCUT2D eigenvalue weighted by molar-refractivity contribution is -0.553. The second-order valence-corrected chi connectivity index (χ2v) is 14.6. The fraction of sp³-hybridized carbons (Fsp3) is 0.632. The lowest BCUT2D eigenvalue weighted by Crippen LogP contribution is -2.89. The molecule has 3 fully saturated rings. The minimum absolute atomic E-state index is 0.569. The van der Waals surface area contributed by atoms with Gasteiger partial charge in [0, 0.05) is 0 Å². The summed E-state index contributed by atoms with van der Waals surface area (Å²) in [5.41, 5.74) is 2.77. The zero-order chi connectivity index (χ0) is 30.8. The molecule has 2 saturated carbocycles. The SMILES string of the molecule is CCC[B-]1(CCC)[N+](=C(NC2CCCCC2)c2ccccc2)[B-](CCC)(CCC)[N+]1=C(NC1CCCCC1)c1ccccc1. The molecule has 4 nitrogen and oxygen atoms in total. The maximum absolute atomic E-state index is 4.32. The fourth-order valence-corrected chi connectivity index (χ4v) is 10.1. The summed E-state index contributed by atoms with van der Waals surface area (Å²) in [4.78, 5) is 0. The van der Waals surface area contributed by atoms with Gasteiger partial charge in [0.2, 0.25) is 0 Å². The van der Waals surface area contributed by atoms with Gasteiger partial charge in [-0.15, -0.1) is 0 Å². The first kappa shape index (κ1) is 32.9. The summed E-state index contributed by atoms with van der Waals surface area (Å²) >= 11 is 0. The third-order valence-electron chi connectivity index (χ3n) is 11.6. The van der Waals surface area contributed by atoms with Gasteiger partial charge in [-0.3, -0.25) is 10.6 Å². The number of rotatable bonds is 12. The molecule has 0 radical (unpaired) electrons. The van der Waals surface area contributed by atoms with Crippen LogP contribution in [0.1, 0.15) is 129 Å². The van der Waals surface area contributed by atoms with Crippen LogP contribution in [0.5, 0.6) is 0 Å². The molecule has 5 rings (SSSR count). The van der Waals surface area contributed by atoms with Gasteiger partial charge in [-0.25, -0.2) is 0 Å². The van der Waals surface area contributed by atoms with Gasteiger partial charge in [0.05, 0.1) is 23.2 Å². The highest BCUT2D eigenvalue weighted by Crippen LogP contribution is 2.45. The highest BCUT2D eigenvalue weighted by molar-refractivity contribution is 6.90. The largest absolute Gasteiger partial charge is 0.588 e. The Morgan fingerprint density at radius 1 is 0.523 bits per heavy atom. The summed E-state index contributed by atoms with van der Waals surface area (Å²) in [5, 5.41) is 8.63. The zero-order valence-electron chi connectivity index (χ0n) is 28.7. The Bertz CT molecular complexity index is 1100. The first-order valence-electron chi connectivity index (χ1n) is 19.0. The molecule has 2 aromatic carbocycles. The Labute approximate surface area is 270 Å². The molecule has 0 aromatic heterocycles. The topological polar surface area (TPSA) is 30.1 Å². The van der Waals surface area contributed by atoms with E-state index in [1.54, 1.807) is 0 Å². The highest BCUT2D eigenvalue weighted by atomic mass is 15.3. The van der Waals surface area contributed by atoms with Crippen molar-refractivity contribution in [1.82, 2.24) is 10.6 Å². The van der Waals surface area contributed by atoms with Crippen LogP contribution in [0.15, 0.2) is 60.7 Å². The quantitative estimate of drug-likeness (QED) is 0.189. The van der Waals surface area contributed by atoms with Crippen LogP contribution in [0.2, 0.25) is 25.3 Å². The molecule has 44 heavy (non-hydrogen) atoms. The van der Waals surface area contributed by atoms with E-state index in [9.17, 15) is 0 Å². The molecule has 2 N–H and O–H groups in total. The van der Waals surface area contributed by atoms with Crippen molar-refractivity contribution in [3.63, 3.8) is 0 Å². The van der Waals surface area contributed by atoms with Gasteiger partial charge in [0.15, 0.2) is 11.7 Å². The molecule has 2 aliphatic carbocycles. The molecule has 0 bridgehead atoms. The van der Waals surface area contributed by atoms with Crippen LogP contribution in [-0.4, -0.2) is 45.4 Å². The molecule has 0 spiro atoms. The van der Waals surface area contributed by atoms with Crippen LogP contribution in [0.4, 0.5) is 0 Å². The van der Waals surface area contributed by atoms with Gasteiger partial charge < -0.3 is 8.80 Å². The van der Waals surface area contributed by atoms with Crippen LogP contribution < -0.4 is 10.6 Å². The highest BCUT2D eigenvalue weighted by Gasteiger charge is 2.60. The molecule has 0 atom stereocenters. The lowest BCUT2D eigenvalue weighted by atomic mass is 9.14. The van der Waals surface area contributed by atoms with E-state index in [1.807, 2.05) is 0 Å². The number of hydrogen-bond donors (Lipinski definition) is 2. The van der Waals surface area contributed by atoms with Gasteiger partial charge in [-0.1, -0.05) is 128 Å². The molecular weight excluding hydrogens is 534 g/mol. The average Bonchev–Trinajstić information content (AvgIpc) is 3.06. The Morgan fingerprint density at radius 2 is 0.841 bits per heavy atom. The third-order valence-corrected chi connectivity index (χ3v) is 11.6. The van der Waals surface area contributed by atoms with Crippen molar-refractivity contribution >= 4 is 24.5 Å². The van der Waals surface area contributed by atoms with E-state index < -0.39 is 12.8 Å². The van der Waals surface area contributed by atoms with Crippen molar-refractivity contribution < 1.29 is 8.80 Å². The first-order chi connectivity index (χ1) is 21.6. The van der Waals surface area contributed by atoms with E-state index in [-0.39, 0.29) is 0 Å². The van der Waals surface area contributed by atoms with Gasteiger partial charge in [0.25, 0.3) is 12.8 Å². The van der Waals surface area contributed by atoms with Crippen molar-refractivity contribution in [1.29, 1.82) is 0 Å². The second-order valence-electron chi connectivity index (χ2n) is 14.6. The number of nitrogens with one attached hydrogen (secondary N) is 2. The molecule has 1 heterocycles. The zero-order valence-corrected chi connectivity index (χ0v) is 28.7. The predicted molar refractivity (Wildman–Crippen MR) is 194 cm³/mol. The normalized spacial score (nSPS) is 20.2. The van der Waals surface area contributed by atoms with Gasteiger partial charge in [-0.2, -0.15) is 0 Å². The predicted octanol–water partition coefficient (Wildman–Crippen LogP) is 9.29. The van der Waals surface area contributed by atoms with Crippen LogP contribution >= 0.6 is 0 Å². The number of nitrogens with zero attached hydrogens (tertiary/aromatic N) is 2. The fourth-order valence-electron chi connectivity index (χ4n) is 10.1. The van der Waals surface area contributed by atoms with Crippen LogP contribution in [-0.2, 0) is 0 Å². The van der Waals surface area contributed by atoms with Crippen LogP contribution in [0, 0.1) is 0 Å². The van der Waals surface area contributed by atoms with Crippen molar-refractivity contribution in [2.45, 2.75) is 155 Å². The summed E-state index contributed by atoms with van der Waals surface area (Å²) in [6.45, 7) is 9.71. The maximum Gasteiger partial charge on any atom is 0.290 e. The minimum Gasteiger partial charge on any atom is -0.588 e. The van der Waals surface area contributed by atoms with Crippen molar-refractivity contribution in [3.05, 3.63) is 71.8 Å². The van der Waals surface area contributed by atoms with Gasteiger partial charge in [-0.05, 0) is 75.6 Å². The van der Waals surface area contributed by atoms with E-state index in [1.165, 1.54) is 138 Å². The van der Waals surface area contributed by atoms with Gasteiger partial charge >= 0.3 is 0 Å². The molecular formula is C38H62B2N4. The maximum atomic E-state index is 4.32. The Kier molecular flexibility index (Phi) is 11.7. The Morgan fingerprint density at radius 3 is 1.14 bits per heavy atom. The molecule has 0 unspecified atom stereocenters. The smallest absolute Gasteiger partial charge is 0.290 e. The molecule has 1 saturated heterocycles. The third kappa shape index (κ3) is 6.70. The Hall–Kier alpha value is -2.49. The molecule has 3 aliphatic rings.